The number of methoxy groups -OCH3 is 2. The third kappa shape index (κ3) is 3.94. The van der Waals surface area contributed by atoms with Gasteiger partial charge >= 0.3 is 0 Å². The number of amides is 1. The predicted octanol–water partition coefficient (Wildman–Crippen LogP) is 4.52. The monoisotopic (exact) mass is 488 g/mol. The number of ketones is 1. The average Bonchev–Trinajstić information content (AvgIpc) is 2.81. The summed E-state index contributed by atoms with van der Waals surface area (Å²) in [6.45, 7) is 4.25. The van der Waals surface area contributed by atoms with Gasteiger partial charge in [0.1, 0.15) is 16.9 Å². The zero-order valence-corrected chi connectivity index (χ0v) is 20.2. The molecule has 0 unspecified atom stereocenters. The summed E-state index contributed by atoms with van der Waals surface area (Å²) in [5, 5.41) is 12.2. The molecule has 0 radical (unpaired) electrons. The Kier molecular flexibility index (Phi) is 6.16. The molecule has 2 heterocycles. The Morgan fingerprint density at radius 2 is 1.76 bits per heavy atom. The Labute approximate surface area is 201 Å². The van der Waals surface area contributed by atoms with Gasteiger partial charge in [0.15, 0.2) is 17.3 Å². The summed E-state index contributed by atoms with van der Waals surface area (Å²) < 4.78 is 16.7. The Hall–Kier alpha value is -3.33. The van der Waals surface area contributed by atoms with Crippen molar-refractivity contribution in [3.8, 4) is 17.2 Å². The van der Waals surface area contributed by atoms with Crippen LogP contribution < -0.4 is 14.2 Å². The molecule has 1 fully saturated rings. The molecule has 1 spiro atoms. The van der Waals surface area contributed by atoms with Crippen LogP contribution in [-0.2, 0) is 0 Å². The lowest BCUT2D eigenvalue weighted by Crippen LogP contribution is -2.52. The minimum Gasteiger partial charge on any atom is -0.493 e. The molecule has 1 saturated heterocycles. The van der Waals surface area contributed by atoms with Crippen LogP contribution in [0.4, 0.5) is 5.69 Å². The van der Waals surface area contributed by atoms with Crippen LogP contribution in [0.5, 0.6) is 17.2 Å². The summed E-state index contributed by atoms with van der Waals surface area (Å²) in [6, 6.07) is 4.30. The number of likely N-dealkylation sites (tertiary alicyclic amines) is 1. The quantitative estimate of drug-likeness (QED) is 0.459. The topological polar surface area (TPSA) is 108 Å². The number of hydrogen-bond donors (Lipinski definition) is 0. The van der Waals surface area contributed by atoms with Gasteiger partial charge in [-0.05, 0) is 31.0 Å². The fourth-order valence-electron chi connectivity index (χ4n) is 4.76. The van der Waals surface area contributed by atoms with E-state index in [1.807, 2.05) is 13.8 Å². The van der Waals surface area contributed by atoms with E-state index in [-0.39, 0.29) is 35.0 Å². The Bertz CT molecular complexity index is 1200. The highest BCUT2D eigenvalue weighted by molar-refractivity contribution is 6.32. The highest BCUT2D eigenvalue weighted by Gasteiger charge is 2.45. The van der Waals surface area contributed by atoms with Crippen molar-refractivity contribution in [2.75, 3.05) is 27.3 Å². The molecule has 180 valence electrons. The summed E-state index contributed by atoms with van der Waals surface area (Å²) in [5.41, 5.74) is 0.896. The number of nitro groups is 1. The number of carbonyl (C=O) groups is 2. The van der Waals surface area contributed by atoms with Crippen LogP contribution in [0, 0.1) is 24.0 Å². The van der Waals surface area contributed by atoms with Crippen molar-refractivity contribution in [1.82, 2.24) is 4.90 Å². The first-order valence-corrected chi connectivity index (χ1v) is 11.2. The maximum absolute atomic E-state index is 13.3. The third-order valence-electron chi connectivity index (χ3n) is 6.62. The number of halogens is 1. The lowest BCUT2D eigenvalue weighted by atomic mass is 9.81. The zero-order chi connectivity index (χ0) is 24.8. The van der Waals surface area contributed by atoms with Crippen molar-refractivity contribution in [1.29, 1.82) is 0 Å². The number of carbonyl (C=O) groups excluding carboxylic acids is 2. The molecule has 10 heteroatoms. The summed E-state index contributed by atoms with van der Waals surface area (Å²) in [7, 11) is 2.77. The van der Waals surface area contributed by atoms with Crippen molar-refractivity contribution < 1.29 is 28.7 Å². The first kappa shape index (κ1) is 23.8. The Morgan fingerprint density at radius 1 is 1.15 bits per heavy atom. The van der Waals surface area contributed by atoms with E-state index in [2.05, 4.69) is 0 Å². The van der Waals surface area contributed by atoms with Gasteiger partial charge in [0.25, 0.3) is 11.6 Å². The van der Waals surface area contributed by atoms with Crippen LogP contribution in [0.15, 0.2) is 18.2 Å². The fourth-order valence-corrected chi connectivity index (χ4v) is 4.91. The van der Waals surface area contributed by atoms with E-state index >= 15 is 0 Å². The van der Waals surface area contributed by atoms with E-state index in [1.165, 1.54) is 26.4 Å². The first-order chi connectivity index (χ1) is 16.1. The number of aryl methyl sites for hydroxylation is 1. The van der Waals surface area contributed by atoms with Crippen molar-refractivity contribution in [3.63, 3.8) is 0 Å². The minimum absolute atomic E-state index is 0.0315. The van der Waals surface area contributed by atoms with Crippen molar-refractivity contribution in [2.45, 2.75) is 38.7 Å². The SMILES string of the molecule is COc1cc(C(=O)N2CCC3(CC2)CC(=O)c2c(cc(C)c(Cl)c2C)O3)c([N+](=O)[O-])cc1OC. The zero-order valence-electron chi connectivity index (χ0n) is 19.4. The standard InChI is InChI=1S/C24H25ClN2O7/c1-13-9-20-21(14(2)22(13)25)17(28)12-24(34-20)5-7-26(8-6-24)23(29)15-10-18(32-3)19(33-4)11-16(15)27(30)31/h9-11H,5-8,12H2,1-4H3. The molecular weight excluding hydrogens is 464 g/mol. The lowest BCUT2D eigenvalue weighted by molar-refractivity contribution is -0.385. The average molecular weight is 489 g/mol. The van der Waals surface area contributed by atoms with Crippen molar-refractivity contribution in [3.05, 3.63) is 55.6 Å². The van der Waals surface area contributed by atoms with Gasteiger partial charge < -0.3 is 19.1 Å². The fraction of sp³-hybridized carbons (Fsp3) is 0.417. The van der Waals surface area contributed by atoms with Gasteiger partial charge in [0, 0.05) is 37.0 Å². The van der Waals surface area contributed by atoms with E-state index in [4.69, 9.17) is 25.8 Å². The second kappa shape index (κ2) is 8.79. The lowest BCUT2D eigenvalue weighted by Gasteiger charge is -2.44. The second-order valence-corrected chi connectivity index (χ2v) is 9.04. The van der Waals surface area contributed by atoms with Gasteiger partial charge in [-0.3, -0.25) is 19.7 Å². The molecular formula is C24H25ClN2O7. The highest BCUT2D eigenvalue weighted by atomic mass is 35.5. The van der Waals surface area contributed by atoms with Gasteiger partial charge in [-0.25, -0.2) is 0 Å². The van der Waals surface area contributed by atoms with E-state index in [0.29, 0.717) is 47.8 Å². The van der Waals surface area contributed by atoms with E-state index < -0.39 is 16.4 Å². The number of ether oxygens (including phenoxy) is 3. The number of piperidine rings is 1. The minimum atomic E-state index is -0.725. The second-order valence-electron chi connectivity index (χ2n) is 8.66. The number of rotatable bonds is 4. The van der Waals surface area contributed by atoms with Gasteiger partial charge in [-0.15, -0.1) is 0 Å². The van der Waals surface area contributed by atoms with E-state index in [1.54, 1.807) is 11.0 Å². The number of nitrogens with zero attached hydrogens (tertiary/aromatic N) is 2. The summed E-state index contributed by atoms with van der Waals surface area (Å²) in [4.78, 5) is 38.8. The normalized spacial score (nSPS) is 16.6. The van der Waals surface area contributed by atoms with Crippen LogP contribution in [-0.4, -0.2) is 54.4 Å². The molecule has 2 aliphatic heterocycles. The van der Waals surface area contributed by atoms with Gasteiger partial charge in [-0.2, -0.15) is 0 Å². The molecule has 0 atom stereocenters. The summed E-state index contributed by atoms with van der Waals surface area (Å²) >= 11 is 6.33. The maximum Gasteiger partial charge on any atom is 0.286 e. The molecule has 2 aliphatic rings. The summed E-state index contributed by atoms with van der Waals surface area (Å²) in [5.74, 6) is 0.402. The van der Waals surface area contributed by atoms with Crippen LogP contribution >= 0.6 is 11.6 Å². The molecule has 0 bridgehead atoms. The largest absolute Gasteiger partial charge is 0.493 e. The number of benzene rings is 2. The molecule has 0 aromatic heterocycles. The number of hydrogen-bond acceptors (Lipinski definition) is 7. The number of Topliss-reactive ketones (excluding diaryl/α,β-unsaturated/α-hetero) is 1. The highest BCUT2D eigenvalue weighted by Crippen LogP contribution is 2.43. The Morgan fingerprint density at radius 3 is 2.35 bits per heavy atom. The summed E-state index contributed by atoms with van der Waals surface area (Å²) in [6.07, 6.45) is 1.04. The van der Waals surface area contributed by atoms with Crippen LogP contribution in [0.3, 0.4) is 0 Å². The molecule has 34 heavy (non-hydrogen) atoms. The molecule has 0 aliphatic carbocycles. The van der Waals surface area contributed by atoms with Crippen molar-refractivity contribution >= 4 is 29.0 Å². The first-order valence-electron chi connectivity index (χ1n) is 10.8. The smallest absolute Gasteiger partial charge is 0.286 e. The third-order valence-corrected chi connectivity index (χ3v) is 7.20. The van der Waals surface area contributed by atoms with Crippen LogP contribution in [0.2, 0.25) is 5.02 Å². The van der Waals surface area contributed by atoms with Crippen molar-refractivity contribution in [2.24, 2.45) is 0 Å². The van der Waals surface area contributed by atoms with E-state index in [0.717, 1.165) is 5.56 Å². The molecule has 0 N–H and O–H groups in total. The van der Waals surface area contributed by atoms with Gasteiger partial charge in [0.2, 0.25) is 0 Å². The number of nitro benzene ring substituents is 1. The maximum atomic E-state index is 13.3. The Balaban J connectivity index is 1.58. The molecule has 2 aromatic rings. The molecule has 0 saturated carbocycles. The molecule has 4 rings (SSSR count). The van der Waals surface area contributed by atoms with E-state index in [9.17, 15) is 19.7 Å². The van der Waals surface area contributed by atoms with Gasteiger partial charge in [-0.1, -0.05) is 11.6 Å². The van der Waals surface area contributed by atoms with Crippen LogP contribution in [0.1, 0.15) is 51.1 Å². The van der Waals surface area contributed by atoms with Crippen LogP contribution in [0.25, 0.3) is 0 Å². The van der Waals surface area contributed by atoms with Gasteiger partial charge in [0.05, 0.1) is 37.2 Å². The molecule has 9 nitrogen and oxygen atoms in total. The number of fused-ring (bicyclic) bond motifs is 1. The molecule has 2 aromatic carbocycles. The molecule has 1 amide bonds. The predicted molar refractivity (Wildman–Crippen MR) is 125 cm³/mol.